The molecule has 1 aromatic heterocycles. The molecule has 7 heteroatoms. The van der Waals surface area contributed by atoms with Gasteiger partial charge in [-0.05, 0) is 46.3 Å². The second-order valence-electron chi connectivity index (χ2n) is 4.86. The SMILES string of the molecule is O=C(Nc1cccc(F)c1)c1cnc(Nc2ccccc2Br)nc1. The van der Waals surface area contributed by atoms with Gasteiger partial charge in [0.15, 0.2) is 0 Å². The molecule has 1 amide bonds. The Balaban J connectivity index is 1.70. The molecule has 0 fully saturated rings. The molecule has 0 saturated carbocycles. The Bertz CT molecular complexity index is 870. The lowest BCUT2D eigenvalue weighted by Crippen LogP contribution is -2.13. The number of carbonyl (C=O) groups excluding carboxylic acids is 1. The molecule has 0 radical (unpaired) electrons. The van der Waals surface area contributed by atoms with Crippen molar-refractivity contribution < 1.29 is 9.18 Å². The molecular formula is C17H12BrFN4O. The number of rotatable bonds is 4. The van der Waals surface area contributed by atoms with Gasteiger partial charge < -0.3 is 10.6 Å². The van der Waals surface area contributed by atoms with Gasteiger partial charge in [-0.1, -0.05) is 18.2 Å². The molecule has 2 N–H and O–H groups in total. The fourth-order valence-corrected chi connectivity index (χ4v) is 2.35. The molecular weight excluding hydrogens is 375 g/mol. The average molecular weight is 387 g/mol. The van der Waals surface area contributed by atoms with Crippen molar-refractivity contribution in [2.24, 2.45) is 0 Å². The van der Waals surface area contributed by atoms with Crippen LogP contribution in [0, 0.1) is 5.82 Å². The Morgan fingerprint density at radius 2 is 1.79 bits per heavy atom. The van der Waals surface area contributed by atoms with E-state index in [-0.39, 0.29) is 5.56 Å². The van der Waals surface area contributed by atoms with E-state index < -0.39 is 11.7 Å². The van der Waals surface area contributed by atoms with E-state index in [9.17, 15) is 9.18 Å². The van der Waals surface area contributed by atoms with Crippen molar-refractivity contribution in [2.45, 2.75) is 0 Å². The quantitative estimate of drug-likeness (QED) is 0.698. The maximum absolute atomic E-state index is 13.1. The summed E-state index contributed by atoms with van der Waals surface area (Å²) in [6, 6.07) is 13.2. The van der Waals surface area contributed by atoms with Gasteiger partial charge in [0.25, 0.3) is 5.91 Å². The van der Waals surface area contributed by atoms with Crippen LogP contribution in [0.4, 0.5) is 21.7 Å². The van der Waals surface area contributed by atoms with E-state index in [1.165, 1.54) is 30.6 Å². The highest BCUT2D eigenvalue weighted by molar-refractivity contribution is 9.10. The van der Waals surface area contributed by atoms with E-state index in [2.05, 4.69) is 36.5 Å². The minimum absolute atomic E-state index is 0.275. The van der Waals surface area contributed by atoms with Crippen LogP contribution in [-0.4, -0.2) is 15.9 Å². The Kier molecular flexibility index (Phi) is 4.81. The van der Waals surface area contributed by atoms with Crippen molar-refractivity contribution >= 4 is 39.2 Å². The number of aromatic nitrogens is 2. The zero-order valence-electron chi connectivity index (χ0n) is 12.3. The molecule has 5 nitrogen and oxygen atoms in total. The first-order chi connectivity index (χ1) is 11.6. The van der Waals surface area contributed by atoms with Crippen molar-refractivity contribution in [3.8, 4) is 0 Å². The topological polar surface area (TPSA) is 66.9 Å². The first-order valence-corrected chi connectivity index (χ1v) is 7.81. The third-order valence-electron chi connectivity index (χ3n) is 3.12. The molecule has 0 bridgehead atoms. The normalized spacial score (nSPS) is 10.2. The van der Waals surface area contributed by atoms with Crippen LogP contribution >= 0.6 is 15.9 Å². The molecule has 1 heterocycles. The van der Waals surface area contributed by atoms with E-state index in [0.717, 1.165) is 10.2 Å². The Morgan fingerprint density at radius 1 is 1.04 bits per heavy atom. The highest BCUT2D eigenvalue weighted by atomic mass is 79.9. The predicted octanol–water partition coefficient (Wildman–Crippen LogP) is 4.37. The minimum atomic E-state index is -0.419. The molecule has 0 atom stereocenters. The summed E-state index contributed by atoms with van der Waals surface area (Å²) in [6.45, 7) is 0. The smallest absolute Gasteiger partial charge is 0.258 e. The van der Waals surface area contributed by atoms with Gasteiger partial charge in [-0.25, -0.2) is 14.4 Å². The number of para-hydroxylation sites is 1. The molecule has 0 saturated heterocycles. The minimum Gasteiger partial charge on any atom is -0.323 e. The first-order valence-electron chi connectivity index (χ1n) is 7.02. The van der Waals surface area contributed by atoms with Crippen LogP contribution in [0.15, 0.2) is 65.4 Å². The van der Waals surface area contributed by atoms with Crippen LogP contribution in [0.25, 0.3) is 0 Å². The van der Waals surface area contributed by atoms with Crippen molar-refractivity contribution in [2.75, 3.05) is 10.6 Å². The van der Waals surface area contributed by atoms with Crippen LogP contribution in [0.1, 0.15) is 10.4 Å². The van der Waals surface area contributed by atoms with Gasteiger partial charge in [0.1, 0.15) is 5.82 Å². The summed E-state index contributed by atoms with van der Waals surface area (Å²) in [7, 11) is 0. The molecule has 0 spiro atoms. The summed E-state index contributed by atoms with van der Waals surface area (Å²) in [4.78, 5) is 20.3. The fourth-order valence-electron chi connectivity index (χ4n) is 1.96. The largest absolute Gasteiger partial charge is 0.323 e. The average Bonchev–Trinajstić information content (AvgIpc) is 2.57. The summed E-state index contributed by atoms with van der Waals surface area (Å²) < 4.78 is 14.0. The summed E-state index contributed by atoms with van der Waals surface area (Å²) in [5.41, 5.74) is 1.46. The standard InChI is InChI=1S/C17H12BrFN4O/c18-14-6-1-2-7-15(14)23-17-20-9-11(10-21-17)16(24)22-13-5-3-4-12(19)8-13/h1-10H,(H,22,24)(H,20,21,23). The number of hydrogen-bond donors (Lipinski definition) is 2. The summed E-state index contributed by atoms with van der Waals surface area (Å²) in [5, 5.41) is 5.64. The van der Waals surface area contributed by atoms with Gasteiger partial charge in [-0.3, -0.25) is 4.79 Å². The first kappa shape index (κ1) is 16.1. The number of hydrogen-bond acceptors (Lipinski definition) is 4. The van der Waals surface area contributed by atoms with Gasteiger partial charge in [-0.15, -0.1) is 0 Å². The summed E-state index contributed by atoms with van der Waals surface area (Å²) in [5.74, 6) is -0.464. The van der Waals surface area contributed by atoms with Gasteiger partial charge in [0.2, 0.25) is 5.95 Å². The van der Waals surface area contributed by atoms with E-state index in [1.54, 1.807) is 6.07 Å². The Labute approximate surface area is 146 Å². The molecule has 2 aromatic carbocycles. The van der Waals surface area contributed by atoms with Crippen molar-refractivity contribution in [3.63, 3.8) is 0 Å². The number of benzene rings is 2. The van der Waals surface area contributed by atoms with Gasteiger partial charge in [0.05, 0.1) is 11.3 Å². The number of amides is 1. The number of nitrogens with one attached hydrogen (secondary N) is 2. The summed E-state index contributed by atoms with van der Waals surface area (Å²) in [6.07, 6.45) is 2.81. The molecule has 120 valence electrons. The van der Waals surface area contributed by atoms with Crippen LogP contribution < -0.4 is 10.6 Å². The van der Waals surface area contributed by atoms with Crippen LogP contribution in [-0.2, 0) is 0 Å². The van der Waals surface area contributed by atoms with Crippen molar-refractivity contribution in [3.05, 3.63) is 76.8 Å². The Morgan fingerprint density at radius 3 is 2.50 bits per heavy atom. The maximum Gasteiger partial charge on any atom is 0.258 e. The lowest BCUT2D eigenvalue weighted by atomic mass is 10.2. The number of carbonyl (C=O) groups is 1. The van der Waals surface area contributed by atoms with Crippen molar-refractivity contribution in [1.29, 1.82) is 0 Å². The third-order valence-corrected chi connectivity index (χ3v) is 3.81. The monoisotopic (exact) mass is 386 g/mol. The van der Waals surface area contributed by atoms with E-state index in [0.29, 0.717) is 11.6 Å². The third kappa shape index (κ3) is 3.94. The summed E-state index contributed by atoms with van der Waals surface area (Å²) >= 11 is 3.42. The molecule has 24 heavy (non-hydrogen) atoms. The Hall–Kier alpha value is -2.80. The van der Waals surface area contributed by atoms with E-state index in [4.69, 9.17) is 0 Å². The molecule has 0 aliphatic rings. The van der Waals surface area contributed by atoms with E-state index >= 15 is 0 Å². The van der Waals surface area contributed by atoms with Crippen LogP contribution in [0.2, 0.25) is 0 Å². The van der Waals surface area contributed by atoms with Gasteiger partial charge in [0, 0.05) is 22.6 Å². The second kappa shape index (κ2) is 7.18. The lowest BCUT2D eigenvalue weighted by molar-refractivity contribution is 0.102. The highest BCUT2D eigenvalue weighted by Gasteiger charge is 2.09. The lowest BCUT2D eigenvalue weighted by Gasteiger charge is -2.08. The highest BCUT2D eigenvalue weighted by Crippen LogP contribution is 2.23. The zero-order chi connectivity index (χ0) is 16.9. The zero-order valence-corrected chi connectivity index (χ0v) is 13.9. The molecule has 3 aromatic rings. The van der Waals surface area contributed by atoms with Crippen LogP contribution in [0.5, 0.6) is 0 Å². The predicted molar refractivity (Wildman–Crippen MR) is 93.8 cm³/mol. The molecule has 0 aliphatic carbocycles. The van der Waals surface area contributed by atoms with Gasteiger partial charge in [-0.2, -0.15) is 0 Å². The maximum atomic E-state index is 13.1. The number of halogens is 2. The molecule has 0 unspecified atom stereocenters. The van der Waals surface area contributed by atoms with E-state index in [1.807, 2.05) is 24.3 Å². The fraction of sp³-hybridized carbons (Fsp3) is 0. The molecule has 3 rings (SSSR count). The van der Waals surface area contributed by atoms with Crippen molar-refractivity contribution in [1.82, 2.24) is 9.97 Å². The second-order valence-corrected chi connectivity index (χ2v) is 5.72. The number of anilines is 3. The molecule has 0 aliphatic heterocycles. The van der Waals surface area contributed by atoms with Crippen LogP contribution in [0.3, 0.4) is 0 Å². The van der Waals surface area contributed by atoms with Gasteiger partial charge >= 0.3 is 0 Å². The number of nitrogens with zero attached hydrogens (tertiary/aromatic N) is 2.